The molecule has 0 saturated carbocycles. The fourth-order valence-electron chi connectivity index (χ4n) is 6.05. The maximum Gasteiger partial charge on any atom is 0.315 e. The number of halogens is 2. The Labute approximate surface area is 368 Å². The summed E-state index contributed by atoms with van der Waals surface area (Å²) in [6, 6.07) is 16.8. The van der Waals surface area contributed by atoms with E-state index in [0.717, 1.165) is 30.3 Å². The molecule has 0 aliphatic carbocycles. The Kier molecular flexibility index (Phi) is 12.8. The first-order valence-corrected chi connectivity index (χ1v) is 23.4. The number of benzene rings is 5. The fourth-order valence-corrected chi connectivity index (χ4v) is 8.72. The highest BCUT2D eigenvalue weighted by molar-refractivity contribution is 7.86. The van der Waals surface area contributed by atoms with Crippen molar-refractivity contribution < 1.29 is 52.1 Å². The molecule has 0 spiro atoms. The third kappa shape index (κ3) is 10.6. The first kappa shape index (κ1) is 45.5. The lowest BCUT2D eigenvalue weighted by Gasteiger charge is -2.16. The topological polar surface area (TPSA) is 353 Å². The van der Waals surface area contributed by atoms with Crippen molar-refractivity contribution in [3.63, 3.8) is 0 Å². The highest BCUT2D eigenvalue weighted by atomic mass is 35.5. The van der Waals surface area contributed by atoms with Crippen molar-refractivity contribution in [3.8, 4) is 0 Å². The van der Waals surface area contributed by atoms with Crippen LogP contribution in [-0.2, 0) is 41.4 Å². The number of aromatic nitrogens is 6. The number of fused-ring (bicyclic) bond motifs is 2. The molecule has 0 amide bonds. The molecular weight excluding hydrogens is 947 g/mol. The minimum Gasteiger partial charge on any atom is -0.768 e. The standard InChI is InChI=1S/C35H28ClFN12O11S4/c1-17(39-33-44-31(37)45-34(47-33)40-18-8-10-20(11-9-18)61(50)51)16-38-32-42-30(36)43-35(46-32)41-25-13-12-24(22-5-3-7-27(29(22)25)63(55,56)57)49-48-19-14-23-21(28(15-19)64(58,59)60)4-2-6-26(23)62(52,53)54/h2-15,17H,16H2,1H3,(H,50,51)(H,52,53,54)(H,55,56,57)(H,58,59,60)(H2,38,41,42,43,46)(H2,39,40,44,45,47)/p-1. The van der Waals surface area contributed by atoms with Crippen molar-refractivity contribution >= 4 is 121 Å². The van der Waals surface area contributed by atoms with Gasteiger partial charge in [0.1, 0.15) is 14.7 Å². The normalized spacial score (nSPS) is 13.2. The Morgan fingerprint density at radius 1 is 0.703 bits per heavy atom. The summed E-state index contributed by atoms with van der Waals surface area (Å²) in [5, 5.41) is 18.6. The first-order chi connectivity index (χ1) is 30.1. The Morgan fingerprint density at radius 3 is 1.98 bits per heavy atom. The lowest BCUT2D eigenvalue weighted by molar-refractivity contribution is 0.481. The molecule has 0 radical (unpaired) electrons. The highest BCUT2D eigenvalue weighted by Crippen LogP contribution is 2.39. The molecule has 0 bridgehead atoms. The van der Waals surface area contributed by atoms with E-state index in [2.05, 4.69) is 61.4 Å². The molecule has 332 valence electrons. The molecule has 2 unspecified atom stereocenters. The second-order valence-electron chi connectivity index (χ2n) is 13.2. The van der Waals surface area contributed by atoms with Crippen LogP contribution in [0.3, 0.4) is 0 Å². The zero-order valence-corrected chi connectivity index (χ0v) is 36.0. The molecule has 7 aromatic rings. The number of nitrogens with one attached hydrogen (secondary N) is 4. The Hall–Kier alpha value is -6.50. The summed E-state index contributed by atoms with van der Waals surface area (Å²) in [6.45, 7) is 1.73. The number of nitrogens with zero attached hydrogens (tertiary/aromatic N) is 8. The van der Waals surface area contributed by atoms with Crippen LogP contribution in [-0.4, -0.2) is 90.2 Å². The zero-order chi connectivity index (χ0) is 46.1. The van der Waals surface area contributed by atoms with Gasteiger partial charge in [-0.25, -0.2) is 0 Å². The second kappa shape index (κ2) is 17.9. The largest absolute Gasteiger partial charge is 0.768 e. The van der Waals surface area contributed by atoms with Gasteiger partial charge in [0.25, 0.3) is 30.4 Å². The maximum atomic E-state index is 14.3. The SMILES string of the molecule is CC(CNc1nc(Cl)nc(Nc2ccc(N=Nc3cc(S(=O)(=O)O)c4cccc(S(=O)(=O)O)c4c3)c3cccc(S(=O)(=O)O)c23)n1)Nc1nc(F)nc(Nc2ccc(S(=O)[O-])cc2)n1. The van der Waals surface area contributed by atoms with Crippen LogP contribution in [0.5, 0.6) is 0 Å². The van der Waals surface area contributed by atoms with Crippen LogP contribution >= 0.6 is 11.6 Å². The molecule has 29 heteroatoms. The van der Waals surface area contributed by atoms with Gasteiger partial charge in [0.15, 0.2) is 0 Å². The van der Waals surface area contributed by atoms with Crippen molar-refractivity contribution in [1.82, 2.24) is 29.9 Å². The minimum absolute atomic E-state index is 0.000167. The summed E-state index contributed by atoms with van der Waals surface area (Å²) in [5.41, 5.74) is 0.0253. The summed E-state index contributed by atoms with van der Waals surface area (Å²) >= 11 is 3.78. The minimum atomic E-state index is -4.98. The van der Waals surface area contributed by atoms with Crippen LogP contribution in [0.2, 0.25) is 5.28 Å². The number of hydrogen-bond donors (Lipinski definition) is 7. The monoisotopic (exact) mass is 973 g/mol. The van der Waals surface area contributed by atoms with E-state index in [0.29, 0.717) is 5.69 Å². The highest BCUT2D eigenvalue weighted by Gasteiger charge is 2.23. The maximum absolute atomic E-state index is 14.3. The van der Waals surface area contributed by atoms with Gasteiger partial charge in [-0.05, 0) is 90.3 Å². The molecule has 2 heterocycles. The van der Waals surface area contributed by atoms with Gasteiger partial charge < -0.3 is 25.8 Å². The van der Waals surface area contributed by atoms with Gasteiger partial charge in [-0.15, -0.1) is 5.11 Å². The molecule has 0 fully saturated rings. The quantitative estimate of drug-likeness (QED) is 0.0354. The van der Waals surface area contributed by atoms with Crippen molar-refractivity contribution in [2.45, 2.75) is 32.5 Å². The summed E-state index contributed by atoms with van der Waals surface area (Å²) < 4.78 is 141. The third-order valence-electron chi connectivity index (χ3n) is 8.70. The van der Waals surface area contributed by atoms with Crippen LogP contribution in [0.25, 0.3) is 21.5 Å². The van der Waals surface area contributed by atoms with Crippen LogP contribution < -0.4 is 21.3 Å². The van der Waals surface area contributed by atoms with E-state index < -0.39 is 68.2 Å². The van der Waals surface area contributed by atoms with Crippen LogP contribution in [0, 0.1) is 6.08 Å². The van der Waals surface area contributed by atoms with Gasteiger partial charge >= 0.3 is 6.08 Å². The molecule has 64 heavy (non-hydrogen) atoms. The number of hydrogen-bond acceptors (Lipinski definition) is 20. The second-order valence-corrected chi connectivity index (χ2v) is 18.6. The summed E-state index contributed by atoms with van der Waals surface area (Å²) in [7, 11) is -14.8. The van der Waals surface area contributed by atoms with Crippen LogP contribution in [0.15, 0.2) is 115 Å². The van der Waals surface area contributed by atoms with Gasteiger partial charge in [0, 0.05) is 44.7 Å². The van der Waals surface area contributed by atoms with E-state index in [1.165, 1.54) is 54.6 Å². The van der Waals surface area contributed by atoms with E-state index in [1.807, 2.05) is 0 Å². The zero-order valence-electron chi connectivity index (χ0n) is 31.9. The average Bonchev–Trinajstić information content (AvgIpc) is 3.20. The van der Waals surface area contributed by atoms with E-state index in [1.54, 1.807) is 6.92 Å². The number of azo groups is 1. The third-order valence-corrected chi connectivity index (χ3v) is 12.2. The Morgan fingerprint density at radius 2 is 1.31 bits per heavy atom. The lowest BCUT2D eigenvalue weighted by atomic mass is 10.1. The average molecular weight is 974 g/mol. The molecule has 5 aromatic carbocycles. The van der Waals surface area contributed by atoms with Crippen LogP contribution in [0.1, 0.15) is 6.92 Å². The first-order valence-electron chi connectivity index (χ1n) is 17.7. The van der Waals surface area contributed by atoms with Crippen LogP contribution in [0.4, 0.5) is 50.9 Å². The Balaban J connectivity index is 1.14. The predicted octanol–water partition coefficient (Wildman–Crippen LogP) is 5.95. The molecule has 0 aliphatic rings. The molecule has 7 N–H and O–H groups in total. The molecule has 23 nitrogen and oxygen atoms in total. The molecular formula is C35H27ClFN12O11S4-. The van der Waals surface area contributed by atoms with Crippen molar-refractivity contribution in [2.24, 2.45) is 10.2 Å². The van der Waals surface area contributed by atoms with Gasteiger partial charge in [-0.2, -0.15) is 64.7 Å². The summed E-state index contributed by atoms with van der Waals surface area (Å²) in [4.78, 5) is 21.8. The van der Waals surface area contributed by atoms with Crippen molar-refractivity contribution in [3.05, 3.63) is 96.3 Å². The van der Waals surface area contributed by atoms with Gasteiger partial charge in [-0.1, -0.05) is 24.3 Å². The predicted molar refractivity (Wildman–Crippen MR) is 228 cm³/mol. The van der Waals surface area contributed by atoms with E-state index >= 15 is 0 Å². The van der Waals surface area contributed by atoms with E-state index in [9.17, 15) is 52.1 Å². The molecule has 2 aromatic heterocycles. The molecule has 0 saturated heterocycles. The van der Waals surface area contributed by atoms with Crippen molar-refractivity contribution in [1.29, 1.82) is 0 Å². The lowest BCUT2D eigenvalue weighted by Crippen LogP contribution is -2.27. The van der Waals surface area contributed by atoms with Gasteiger partial charge in [-0.3, -0.25) is 17.9 Å². The van der Waals surface area contributed by atoms with E-state index in [-0.39, 0.29) is 79.1 Å². The van der Waals surface area contributed by atoms with E-state index in [4.69, 9.17) is 11.6 Å². The summed E-state index contributed by atoms with van der Waals surface area (Å²) in [6.07, 6.45) is -1.12. The van der Waals surface area contributed by atoms with Crippen molar-refractivity contribution in [2.75, 3.05) is 27.8 Å². The number of rotatable bonds is 15. The smallest absolute Gasteiger partial charge is 0.315 e. The Bertz CT molecular complexity index is 3390. The molecule has 2 atom stereocenters. The van der Waals surface area contributed by atoms with Gasteiger partial charge in [0.2, 0.25) is 29.1 Å². The molecule has 7 rings (SSSR count). The summed E-state index contributed by atoms with van der Waals surface area (Å²) in [5.74, 6) is -0.627. The fraction of sp³-hybridized carbons (Fsp3) is 0.0857. The number of anilines is 6. The van der Waals surface area contributed by atoms with Gasteiger partial charge in [0.05, 0.1) is 17.1 Å². The molecule has 0 aliphatic heterocycles.